The Balaban J connectivity index is 1.73. The summed E-state index contributed by atoms with van der Waals surface area (Å²) in [5.74, 6) is -0.524. The van der Waals surface area contributed by atoms with Gasteiger partial charge in [-0.2, -0.15) is 0 Å². The maximum atomic E-state index is 11.7. The van der Waals surface area contributed by atoms with E-state index in [0.717, 1.165) is 32.1 Å². The lowest BCUT2D eigenvalue weighted by Gasteiger charge is -2.20. The van der Waals surface area contributed by atoms with Gasteiger partial charge in [0.25, 0.3) is 0 Å². The van der Waals surface area contributed by atoms with Crippen molar-refractivity contribution < 1.29 is 33.9 Å². The normalized spacial score (nSPS) is 15.0. The molecule has 0 unspecified atom stereocenters. The average molecular weight is 310 g/mol. The highest BCUT2D eigenvalue weighted by atomic mass is 17.5. The second kappa shape index (κ2) is 8.23. The first-order valence-electron chi connectivity index (χ1n) is 7.10. The van der Waals surface area contributed by atoms with Crippen molar-refractivity contribution in [2.45, 2.75) is 38.2 Å². The lowest BCUT2D eigenvalue weighted by atomic mass is 9.98. The standard InChI is InChI=1S/C15H18O7/c1-18-13-10-6-5-9-12(13)14(16)20-22-21-15(17)19-11-7-3-2-4-8-11/h5-6,9-11H,2-4,7-8H2,1H3. The molecule has 0 amide bonds. The van der Waals surface area contributed by atoms with Crippen LogP contribution in [0.3, 0.4) is 0 Å². The summed E-state index contributed by atoms with van der Waals surface area (Å²) in [6.07, 6.45) is 3.58. The van der Waals surface area contributed by atoms with Crippen molar-refractivity contribution in [2.24, 2.45) is 0 Å². The molecule has 22 heavy (non-hydrogen) atoms. The van der Waals surface area contributed by atoms with E-state index in [1.54, 1.807) is 18.2 Å². The minimum Gasteiger partial charge on any atom is -0.496 e. The Bertz CT molecular complexity index is 508. The predicted octanol–water partition coefficient (Wildman–Crippen LogP) is 3.18. The van der Waals surface area contributed by atoms with Crippen LogP contribution in [-0.2, 0) is 19.6 Å². The van der Waals surface area contributed by atoms with Crippen molar-refractivity contribution in [1.82, 2.24) is 0 Å². The monoisotopic (exact) mass is 310 g/mol. The molecule has 0 aliphatic heterocycles. The van der Waals surface area contributed by atoms with Crippen molar-refractivity contribution in [3.05, 3.63) is 29.8 Å². The Morgan fingerprint density at radius 1 is 1.05 bits per heavy atom. The Labute approximate surface area is 127 Å². The number of benzene rings is 1. The fraction of sp³-hybridized carbons (Fsp3) is 0.467. The van der Waals surface area contributed by atoms with Crippen LogP contribution in [0.4, 0.5) is 4.79 Å². The van der Waals surface area contributed by atoms with Gasteiger partial charge in [0, 0.05) is 0 Å². The zero-order valence-corrected chi connectivity index (χ0v) is 12.3. The third-order valence-electron chi connectivity index (χ3n) is 3.35. The summed E-state index contributed by atoms with van der Waals surface area (Å²) in [5.41, 5.74) is 0.147. The Kier molecular flexibility index (Phi) is 6.02. The molecule has 0 atom stereocenters. The fourth-order valence-electron chi connectivity index (χ4n) is 2.27. The number of hydrogen-bond acceptors (Lipinski definition) is 7. The minimum atomic E-state index is -1.03. The van der Waals surface area contributed by atoms with Gasteiger partial charge < -0.3 is 9.47 Å². The second-order valence-corrected chi connectivity index (χ2v) is 4.85. The molecule has 1 fully saturated rings. The van der Waals surface area contributed by atoms with Crippen LogP contribution in [0.1, 0.15) is 42.5 Å². The number of ether oxygens (including phenoxy) is 2. The van der Waals surface area contributed by atoms with Crippen molar-refractivity contribution in [3.63, 3.8) is 0 Å². The van der Waals surface area contributed by atoms with Gasteiger partial charge >= 0.3 is 12.1 Å². The summed E-state index contributed by atoms with van der Waals surface area (Å²) >= 11 is 0. The van der Waals surface area contributed by atoms with Crippen LogP contribution in [0.15, 0.2) is 24.3 Å². The molecule has 0 aromatic heterocycles. The third kappa shape index (κ3) is 4.63. The summed E-state index contributed by atoms with van der Waals surface area (Å²) in [7, 11) is 1.42. The lowest BCUT2D eigenvalue weighted by molar-refractivity contribution is -0.453. The molecule has 120 valence electrons. The summed E-state index contributed by atoms with van der Waals surface area (Å²) in [6, 6.07) is 6.42. The zero-order chi connectivity index (χ0) is 15.8. The number of methoxy groups -OCH3 is 1. The van der Waals surface area contributed by atoms with Gasteiger partial charge in [0.05, 0.1) is 12.1 Å². The van der Waals surface area contributed by atoms with Crippen molar-refractivity contribution >= 4 is 12.1 Å². The first-order valence-corrected chi connectivity index (χ1v) is 7.10. The van der Waals surface area contributed by atoms with Gasteiger partial charge in [-0.25, -0.2) is 14.5 Å². The Hall–Kier alpha value is -2.28. The fourth-order valence-corrected chi connectivity index (χ4v) is 2.27. The molecule has 0 spiro atoms. The van der Waals surface area contributed by atoms with Crippen molar-refractivity contribution in [2.75, 3.05) is 7.11 Å². The minimum absolute atomic E-state index is 0.147. The van der Waals surface area contributed by atoms with Gasteiger partial charge in [-0.15, -0.1) is 0 Å². The molecule has 0 heterocycles. The molecule has 1 aliphatic rings. The van der Waals surface area contributed by atoms with Crippen molar-refractivity contribution in [3.8, 4) is 5.75 Å². The SMILES string of the molecule is COc1ccccc1C(=O)OOOC(=O)OC1CCCCC1. The van der Waals surface area contributed by atoms with E-state index in [2.05, 4.69) is 14.8 Å². The van der Waals surface area contributed by atoms with Gasteiger partial charge in [0.1, 0.15) is 17.4 Å². The molecular formula is C15H18O7. The Morgan fingerprint density at radius 2 is 1.77 bits per heavy atom. The number of para-hydroxylation sites is 1. The maximum absolute atomic E-state index is 11.7. The Morgan fingerprint density at radius 3 is 2.50 bits per heavy atom. The van der Waals surface area contributed by atoms with Crippen molar-refractivity contribution in [1.29, 1.82) is 0 Å². The molecule has 1 saturated carbocycles. The highest BCUT2D eigenvalue weighted by Crippen LogP contribution is 2.21. The van der Waals surface area contributed by atoms with Crippen LogP contribution in [0.2, 0.25) is 0 Å². The molecule has 7 nitrogen and oxygen atoms in total. The van der Waals surface area contributed by atoms with E-state index in [9.17, 15) is 9.59 Å². The van der Waals surface area contributed by atoms with E-state index in [-0.39, 0.29) is 11.7 Å². The van der Waals surface area contributed by atoms with E-state index in [1.165, 1.54) is 13.2 Å². The van der Waals surface area contributed by atoms with Gasteiger partial charge in [0.2, 0.25) is 0 Å². The average Bonchev–Trinajstić information content (AvgIpc) is 2.55. The van der Waals surface area contributed by atoms with Crippen LogP contribution in [0, 0.1) is 0 Å². The lowest BCUT2D eigenvalue weighted by Crippen LogP contribution is -2.22. The molecular weight excluding hydrogens is 292 g/mol. The zero-order valence-electron chi connectivity index (χ0n) is 12.3. The number of hydrogen-bond donors (Lipinski definition) is 0. The summed E-state index contributed by atoms with van der Waals surface area (Å²) < 4.78 is 10.0. The molecule has 0 radical (unpaired) electrons. The van der Waals surface area contributed by atoms with Gasteiger partial charge in [-0.05, 0) is 37.8 Å². The van der Waals surface area contributed by atoms with E-state index in [0.29, 0.717) is 5.75 Å². The highest BCUT2D eigenvalue weighted by Gasteiger charge is 2.20. The number of carbonyl (C=O) groups excluding carboxylic acids is 2. The quantitative estimate of drug-likeness (QED) is 0.469. The van der Waals surface area contributed by atoms with Crippen LogP contribution >= 0.6 is 0 Å². The maximum Gasteiger partial charge on any atom is 0.543 e. The molecule has 2 rings (SSSR count). The largest absolute Gasteiger partial charge is 0.543 e. The van der Waals surface area contributed by atoms with Crippen LogP contribution in [0.25, 0.3) is 0 Å². The predicted molar refractivity (Wildman–Crippen MR) is 73.9 cm³/mol. The third-order valence-corrected chi connectivity index (χ3v) is 3.35. The first-order chi connectivity index (χ1) is 10.7. The molecule has 1 aliphatic carbocycles. The molecule has 0 N–H and O–H groups in total. The van der Waals surface area contributed by atoms with E-state index < -0.39 is 12.1 Å². The smallest absolute Gasteiger partial charge is 0.496 e. The van der Waals surface area contributed by atoms with E-state index in [4.69, 9.17) is 9.47 Å². The summed E-state index contributed by atoms with van der Waals surface area (Å²) in [4.78, 5) is 31.8. The number of carbonyl (C=O) groups is 2. The van der Waals surface area contributed by atoms with Gasteiger partial charge in [0.15, 0.2) is 0 Å². The molecule has 0 saturated heterocycles. The number of rotatable bonds is 5. The van der Waals surface area contributed by atoms with Crippen LogP contribution in [0.5, 0.6) is 5.75 Å². The van der Waals surface area contributed by atoms with E-state index >= 15 is 0 Å². The topological polar surface area (TPSA) is 80.3 Å². The molecule has 1 aromatic carbocycles. The van der Waals surface area contributed by atoms with Gasteiger partial charge in [-0.1, -0.05) is 18.6 Å². The van der Waals surface area contributed by atoms with E-state index in [1.807, 2.05) is 0 Å². The van der Waals surface area contributed by atoms with Crippen LogP contribution in [-0.4, -0.2) is 25.3 Å². The summed E-state index contributed by atoms with van der Waals surface area (Å²) in [6.45, 7) is 0. The molecule has 7 heteroatoms. The van der Waals surface area contributed by atoms with Crippen LogP contribution < -0.4 is 4.74 Å². The summed E-state index contributed by atoms with van der Waals surface area (Å²) in [5, 5.41) is 4.17. The second-order valence-electron chi connectivity index (χ2n) is 4.85. The highest BCUT2D eigenvalue weighted by molar-refractivity contribution is 5.92. The van der Waals surface area contributed by atoms with Gasteiger partial charge in [-0.3, -0.25) is 4.89 Å². The molecule has 1 aromatic rings. The first kappa shape index (κ1) is 16.1. The molecule has 0 bridgehead atoms.